The fraction of sp³-hybridized carbons (Fsp3) is 0.350. The predicted octanol–water partition coefficient (Wildman–Crippen LogP) is 2.50. The lowest BCUT2D eigenvalue weighted by Gasteiger charge is -2.13. The Morgan fingerprint density at radius 2 is 1.91 bits per heavy atom. The van der Waals surface area contributed by atoms with Gasteiger partial charge in [-0.1, -0.05) is 11.6 Å². The summed E-state index contributed by atoms with van der Waals surface area (Å²) in [7, 11) is 0. The van der Waals surface area contributed by atoms with Crippen LogP contribution < -0.4 is 15.4 Å². The molecule has 0 bridgehead atoms. The zero-order valence-corrected chi connectivity index (χ0v) is 17.3. The maximum Gasteiger partial charge on any atom is 0.417 e. The van der Waals surface area contributed by atoms with Crippen LogP contribution in [-0.2, 0) is 22.2 Å². The monoisotopic (exact) mass is 477 g/mol. The summed E-state index contributed by atoms with van der Waals surface area (Å²) in [4.78, 5) is 27.2. The number of ether oxygens (including phenoxy) is 1. The number of carbonyl (C=O) groups excluding carboxylic acids is 2. The predicted molar refractivity (Wildman–Crippen MR) is 106 cm³/mol. The standard InChI is InChI=1S/C20H20ClF4N3O4/c21-16-4-3-15(8-17(16)22)32-11-19(31)28-10-14(29)5-6-26-18(30)7-13-2-1-12(9-27-13)20(23,24)25/h1-4,8-9,14,29H,5-7,10-11H2,(H,26,30)(H,28,31). The van der Waals surface area contributed by atoms with Crippen molar-refractivity contribution in [3.8, 4) is 5.75 Å². The molecule has 0 aliphatic heterocycles. The average molecular weight is 478 g/mol. The van der Waals surface area contributed by atoms with Gasteiger partial charge in [0.2, 0.25) is 5.91 Å². The van der Waals surface area contributed by atoms with Gasteiger partial charge in [0.25, 0.3) is 5.91 Å². The smallest absolute Gasteiger partial charge is 0.417 e. The van der Waals surface area contributed by atoms with Crippen LogP contribution >= 0.6 is 11.6 Å². The quantitative estimate of drug-likeness (QED) is 0.457. The number of benzene rings is 1. The summed E-state index contributed by atoms with van der Waals surface area (Å²) < 4.78 is 55.9. The summed E-state index contributed by atoms with van der Waals surface area (Å²) in [5.74, 6) is -1.59. The number of alkyl halides is 3. The zero-order chi connectivity index (χ0) is 23.7. The third-order valence-electron chi connectivity index (χ3n) is 4.09. The van der Waals surface area contributed by atoms with Crippen LogP contribution in [0.25, 0.3) is 0 Å². The van der Waals surface area contributed by atoms with Crippen molar-refractivity contribution < 1.29 is 37.0 Å². The average Bonchev–Trinajstić information content (AvgIpc) is 2.73. The number of nitrogens with zero attached hydrogens (tertiary/aromatic N) is 1. The lowest BCUT2D eigenvalue weighted by atomic mass is 10.2. The van der Waals surface area contributed by atoms with Crippen LogP contribution in [-0.4, -0.2) is 47.7 Å². The lowest BCUT2D eigenvalue weighted by Crippen LogP contribution is -2.37. The SMILES string of the molecule is O=C(COc1ccc(Cl)c(F)c1)NCC(O)CCNC(=O)Cc1ccc(C(F)(F)F)cn1. The van der Waals surface area contributed by atoms with E-state index in [-0.39, 0.29) is 42.4 Å². The zero-order valence-electron chi connectivity index (χ0n) is 16.6. The molecule has 32 heavy (non-hydrogen) atoms. The van der Waals surface area contributed by atoms with Crippen molar-refractivity contribution in [2.24, 2.45) is 0 Å². The molecule has 0 saturated heterocycles. The van der Waals surface area contributed by atoms with Gasteiger partial charge in [-0.3, -0.25) is 14.6 Å². The van der Waals surface area contributed by atoms with Gasteiger partial charge >= 0.3 is 6.18 Å². The molecule has 0 radical (unpaired) electrons. The van der Waals surface area contributed by atoms with E-state index >= 15 is 0 Å². The first-order valence-electron chi connectivity index (χ1n) is 9.36. The highest BCUT2D eigenvalue weighted by Crippen LogP contribution is 2.28. The number of hydrogen-bond donors (Lipinski definition) is 3. The van der Waals surface area contributed by atoms with Crippen molar-refractivity contribution >= 4 is 23.4 Å². The molecule has 3 N–H and O–H groups in total. The van der Waals surface area contributed by atoms with Crippen molar-refractivity contribution in [1.82, 2.24) is 15.6 Å². The second kappa shape index (κ2) is 11.6. The molecule has 174 valence electrons. The van der Waals surface area contributed by atoms with Crippen LogP contribution in [0, 0.1) is 5.82 Å². The summed E-state index contributed by atoms with van der Waals surface area (Å²) in [5.41, 5.74) is -0.735. The number of halogens is 5. The van der Waals surface area contributed by atoms with E-state index in [9.17, 15) is 32.3 Å². The Morgan fingerprint density at radius 1 is 1.16 bits per heavy atom. The minimum Gasteiger partial charge on any atom is -0.484 e. The maximum absolute atomic E-state index is 13.3. The van der Waals surface area contributed by atoms with Gasteiger partial charge in [0.15, 0.2) is 6.61 Å². The molecule has 1 aromatic carbocycles. The Labute approximate surface area is 185 Å². The van der Waals surface area contributed by atoms with Gasteiger partial charge in [-0.05, 0) is 30.7 Å². The first-order valence-corrected chi connectivity index (χ1v) is 9.74. The van der Waals surface area contributed by atoms with Gasteiger partial charge in [0.05, 0.1) is 23.1 Å². The van der Waals surface area contributed by atoms with Crippen LogP contribution in [0.2, 0.25) is 5.02 Å². The summed E-state index contributed by atoms with van der Waals surface area (Å²) >= 11 is 5.55. The topological polar surface area (TPSA) is 101 Å². The van der Waals surface area contributed by atoms with Gasteiger partial charge < -0.3 is 20.5 Å². The first-order chi connectivity index (χ1) is 15.0. The Kier molecular flexibility index (Phi) is 9.21. The van der Waals surface area contributed by atoms with Gasteiger partial charge in [-0.25, -0.2) is 4.39 Å². The van der Waals surface area contributed by atoms with Crippen LogP contribution in [0.5, 0.6) is 5.75 Å². The number of amides is 2. The minimum absolute atomic E-state index is 0.0763. The summed E-state index contributed by atoms with van der Waals surface area (Å²) in [6.07, 6.45) is -4.90. The van der Waals surface area contributed by atoms with Crippen LogP contribution in [0.1, 0.15) is 17.7 Å². The molecule has 1 unspecified atom stereocenters. The van der Waals surface area contributed by atoms with E-state index in [1.807, 2.05) is 0 Å². The second-order valence-corrected chi connectivity index (χ2v) is 7.08. The van der Waals surface area contributed by atoms with E-state index < -0.39 is 42.1 Å². The van der Waals surface area contributed by atoms with Gasteiger partial charge in [0, 0.05) is 31.0 Å². The maximum atomic E-state index is 13.3. The van der Waals surface area contributed by atoms with E-state index in [1.165, 1.54) is 12.1 Å². The molecule has 2 rings (SSSR count). The van der Waals surface area contributed by atoms with Crippen molar-refractivity contribution in [3.05, 3.63) is 58.6 Å². The minimum atomic E-state index is -4.50. The van der Waals surface area contributed by atoms with E-state index in [4.69, 9.17) is 16.3 Å². The third kappa shape index (κ3) is 8.67. The second-order valence-electron chi connectivity index (χ2n) is 6.67. The van der Waals surface area contributed by atoms with Crippen molar-refractivity contribution in [2.75, 3.05) is 19.7 Å². The molecule has 1 aromatic heterocycles. The molecule has 0 aliphatic carbocycles. The highest BCUT2D eigenvalue weighted by atomic mass is 35.5. The van der Waals surface area contributed by atoms with Gasteiger partial charge in [-0.15, -0.1) is 0 Å². The van der Waals surface area contributed by atoms with Crippen molar-refractivity contribution in [2.45, 2.75) is 25.1 Å². The summed E-state index contributed by atoms with van der Waals surface area (Å²) in [5, 5.41) is 14.7. The Balaban J connectivity index is 1.62. The number of aromatic nitrogens is 1. The number of pyridine rings is 1. The molecule has 2 amide bonds. The molecule has 1 atom stereocenters. The molecule has 12 heteroatoms. The molecule has 7 nitrogen and oxygen atoms in total. The normalized spacial score (nSPS) is 12.2. The van der Waals surface area contributed by atoms with Crippen molar-refractivity contribution in [1.29, 1.82) is 0 Å². The lowest BCUT2D eigenvalue weighted by molar-refractivity contribution is -0.137. The number of aliphatic hydroxyl groups excluding tert-OH is 1. The van der Waals surface area contributed by atoms with E-state index in [0.717, 1.165) is 18.2 Å². The van der Waals surface area contributed by atoms with Gasteiger partial charge in [0.1, 0.15) is 11.6 Å². The molecule has 0 aliphatic rings. The molecule has 1 heterocycles. The highest BCUT2D eigenvalue weighted by Gasteiger charge is 2.30. The Bertz CT molecular complexity index is 926. The van der Waals surface area contributed by atoms with Crippen LogP contribution in [0.4, 0.5) is 17.6 Å². The Hall–Kier alpha value is -2.92. The fourth-order valence-electron chi connectivity index (χ4n) is 2.40. The largest absolute Gasteiger partial charge is 0.484 e. The molecule has 0 fully saturated rings. The molecular formula is C20H20ClF4N3O4. The Morgan fingerprint density at radius 3 is 2.53 bits per heavy atom. The number of nitrogens with one attached hydrogen (secondary N) is 2. The summed E-state index contributed by atoms with van der Waals surface area (Å²) in [6, 6.07) is 5.68. The van der Waals surface area contributed by atoms with Crippen molar-refractivity contribution in [3.63, 3.8) is 0 Å². The van der Waals surface area contributed by atoms with E-state index in [1.54, 1.807) is 0 Å². The number of rotatable bonds is 10. The fourth-order valence-corrected chi connectivity index (χ4v) is 2.52. The third-order valence-corrected chi connectivity index (χ3v) is 4.40. The van der Waals surface area contributed by atoms with Gasteiger partial charge in [-0.2, -0.15) is 13.2 Å². The molecule has 0 saturated carbocycles. The van der Waals surface area contributed by atoms with E-state index in [0.29, 0.717) is 6.20 Å². The number of hydrogen-bond acceptors (Lipinski definition) is 5. The van der Waals surface area contributed by atoms with Crippen LogP contribution in [0.3, 0.4) is 0 Å². The first kappa shape index (κ1) is 25.3. The van der Waals surface area contributed by atoms with E-state index in [2.05, 4.69) is 15.6 Å². The number of aliphatic hydroxyl groups is 1. The molecule has 0 spiro atoms. The summed E-state index contributed by atoms with van der Waals surface area (Å²) in [6.45, 7) is -0.421. The molecule has 2 aromatic rings. The van der Waals surface area contributed by atoms with Crippen LogP contribution in [0.15, 0.2) is 36.5 Å². The molecular weight excluding hydrogens is 458 g/mol. The number of carbonyl (C=O) groups is 2. The highest BCUT2D eigenvalue weighted by molar-refractivity contribution is 6.30.